The maximum Gasteiger partial charge on any atom is 0.233 e. The Bertz CT molecular complexity index is 112. The molecule has 3 heteroatoms. The van der Waals surface area contributed by atoms with Gasteiger partial charge in [-0.3, -0.25) is 9.63 Å². The van der Waals surface area contributed by atoms with Crippen LogP contribution < -0.4 is 0 Å². The van der Waals surface area contributed by atoms with E-state index in [1.54, 1.807) is 0 Å². The predicted molar refractivity (Wildman–Crippen MR) is 39.2 cm³/mol. The van der Waals surface area contributed by atoms with Gasteiger partial charge in [0.2, 0.25) is 6.41 Å². The molecular weight excluding hydrogens is 130 g/mol. The van der Waals surface area contributed by atoms with Gasteiger partial charge in [0, 0.05) is 0 Å². The second-order valence-corrected chi connectivity index (χ2v) is 1.77. The van der Waals surface area contributed by atoms with Crippen molar-refractivity contribution in [1.82, 2.24) is 5.06 Å². The lowest BCUT2D eigenvalue weighted by molar-refractivity contribution is -0.157. The van der Waals surface area contributed by atoms with Crippen molar-refractivity contribution >= 4 is 6.41 Å². The zero-order valence-corrected chi connectivity index (χ0v) is 6.41. The van der Waals surface area contributed by atoms with Gasteiger partial charge >= 0.3 is 0 Å². The van der Waals surface area contributed by atoms with Crippen LogP contribution in [0.15, 0.2) is 12.2 Å². The fourth-order valence-corrected chi connectivity index (χ4v) is 0.506. The second kappa shape index (κ2) is 6.29. The predicted octanol–water partition coefficient (Wildman–Crippen LogP) is 0.972. The molecule has 0 saturated heterocycles. The molecule has 58 valence electrons. The fourth-order valence-electron chi connectivity index (χ4n) is 0.506. The van der Waals surface area contributed by atoms with Gasteiger partial charge in [-0.1, -0.05) is 19.1 Å². The molecule has 0 rings (SSSR count). The van der Waals surface area contributed by atoms with Crippen LogP contribution in [0.25, 0.3) is 0 Å². The minimum absolute atomic E-state index is 0.522. The van der Waals surface area contributed by atoms with Gasteiger partial charge in [-0.2, -0.15) is 0 Å². The third-order valence-electron chi connectivity index (χ3n) is 1.04. The van der Waals surface area contributed by atoms with E-state index in [2.05, 4.69) is 4.84 Å². The van der Waals surface area contributed by atoms with Crippen LogP contribution in [0.3, 0.4) is 0 Å². The van der Waals surface area contributed by atoms with Crippen LogP contribution in [0.2, 0.25) is 0 Å². The molecular formula is C7H13NO2. The van der Waals surface area contributed by atoms with E-state index in [4.69, 9.17) is 0 Å². The van der Waals surface area contributed by atoms with Gasteiger partial charge in [-0.15, -0.1) is 0 Å². The summed E-state index contributed by atoms with van der Waals surface area (Å²) in [6, 6.07) is 0. The Kier molecular flexibility index (Phi) is 5.77. The van der Waals surface area contributed by atoms with Crippen molar-refractivity contribution in [1.29, 1.82) is 0 Å². The number of rotatable bonds is 5. The quantitative estimate of drug-likeness (QED) is 0.326. The molecule has 0 aliphatic heterocycles. The van der Waals surface area contributed by atoms with Crippen LogP contribution in [-0.4, -0.2) is 25.1 Å². The van der Waals surface area contributed by atoms with Crippen LogP contribution in [0.1, 0.15) is 13.3 Å². The van der Waals surface area contributed by atoms with Gasteiger partial charge < -0.3 is 0 Å². The van der Waals surface area contributed by atoms with Gasteiger partial charge in [0.05, 0.1) is 13.7 Å². The Morgan fingerprint density at radius 3 is 2.60 bits per heavy atom. The lowest BCUT2D eigenvalue weighted by Crippen LogP contribution is -2.19. The van der Waals surface area contributed by atoms with E-state index < -0.39 is 0 Å². The summed E-state index contributed by atoms with van der Waals surface area (Å²) in [6.45, 7) is 2.56. The molecule has 0 bridgehead atoms. The molecule has 0 aliphatic rings. The average Bonchev–Trinajstić information content (AvgIpc) is 1.99. The monoisotopic (exact) mass is 143 g/mol. The van der Waals surface area contributed by atoms with Crippen LogP contribution in [0.5, 0.6) is 0 Å². The lowest BCUT2D eigenvalue weighted by Gasteiger charge is -2.09. The number of carbonyl (C=O) groups excluding carboxylic acids is 1. The SMILES string of the molecule is CC/C=C/CN(C=O)OC. The Hall–Kier alpha value is -0.830. The van der Waals surface area contributed by atoms with E-state index in [0.717, 1.165) is 6.42 Å². The highest BCUT2D eigenvalue weighted by atomic mass is 16.7. The zero-order valence-electron chi connectivity index (χ0n) is 6.41. The van der Waals surface area contributed by atoms with Crippen molar-refractivity contribution in [3.8, 4) is 0 Å². The van der Waals surface area contributed by atoms with Gasteiger partial charge in [0.25, 0.3) is 0 Å². The molecule has 3 nitrogen and oxygen atoms in total. The van der Waals surface area contributed by atoms with Gasteiger partial charge in [-0.25, -0.2) is 5.06 Å². The van der Waals surface area contributed by atoms with Gasteiger partial charge in [0.1, 0.15) is 0 Å². The largest absolute Gasteiger partial charge is 0.276 e. The second-order valence-electron chi connectivity index (χ2n) is 1.77. The highest BCUT2D eigenvalue weighted by Gasteiger charge is 1.91. The van der Waals surface area contributed by atoms with Crippen molar-refractivity contribution in [3.05, 3.63) is 12.2 Å². The number of hydroxylamine groups is 2. The number of allylic oxidation sites excluding steroid dienone is 1. The minimum atomic E-state index is 0.522. The number of amides is 1. The summed E-state index contributed by atoms with van der Waals surface area (Å²) in [7, 11) is 1.47. The highest BCUT2D eigenvalue weighted by molar-refractivity contribution is 5.45. The van der Waals surface area contributed by atoms with Crippen LogP contribution in [0.4, 0.5) is 0 Å². The Labute approximate surface area is 61.2 Å². The molecule has 0 aromatic heterocycles. The number of hydrogen-bond donors (Lipinski definition) is 0. The first-order valence-electron chi connectivity index (χ1n) is 3.26. The molecule has 0 unspecified atom stereocenters. The van der Waals surface area contributed by atoms with Gasteiger partial charge in [-0.05, 0) is 6.42 Å². The standard InChI is InChI=1S/C7H13NO2/c1-3-4-5-6-8(7-9)10-2/h4-5,7H,3,6H2,1-2H3/b5-4+. The molecule has 1 amide bonds. The van der Waals surface area contributed by atoms with Crippen LogP contribution >= 0.6 is 0 Å². The topological polar surface area (TPSA) is 29.5 Å². The molecule has 0 saturated carbocycles. The molecule has 0 fully saturated rings. The molecule has 0 spiro atoms. The van der Waals surface area contributed by atoms with E-state index in [1.165, 1.54) is 12.2 Å². The number of carbonyl (C=O) groups is 1. The van der Waals surface area contributed by atoms with E-state index in [-0.39, 0.29) is 0 Å². The molecule has 0 heterocycles. The molecule has 0 aromatic carbocycles. The van der Waals surface area contributed by atoms with E-state index in [9.17, 15) is 4.79 Å². The number of hydrogen-bond acceptors (Lipinski definition) is 2. The van der Waals surface area contributed by atoms with Gasteiger partial charge in [0.15, 0.2) is 0 Å². The zero-order chi connectivity index (χ0) is 7.82. The molecule has 10 heavy (non-hydrogen) atoms. The number of nitrogens with zero attached hydrogens (tertiary/aromatic N) is 1. The molecule has 0 aromatic rings. The third kappa shape index (κ3) is 4.09. The molecule has 0 radical (unpaired) electrons. The smallest absolute Gasteiger partial charge is 0.233 e. The summed E-state index contributed by atoms with van der Waals surface area (Å²) < 4.78 is 0. The van der Waals surface area contributed by atoms with Crippen molar-refractivity contribution in [2.24, 2.45) is 0 Å². The Morgan fingerprint density at radius 2 is 2.20 bits per heavy atom. The van der Waals surface area contributed by atoms with Crippen molar-refractivity contribution in [3.63, 3.8) is 0 Å². The summed E-state index contributed by atoms with van der Waals surface area (Å²) in [5.41, 5.74) is 0. The molecule has 0 atom stereocenters. The fraction of sp³-hybridized carbons (Fsp3) is 0.571. The normalized spacial score (nSPS) is 10.2. The summed E-state index contributed by atoms with van der Waals surface area (Å²) in [6.07, 6.45) is 5.50. The minimum Gasteiger partial charge on any atom is -0.276 e. The summed E-state index contributed by atoms with van der Waals surface area (Å²) in [4.78, 5) is 14.8. The summed E-state index contributed by atoms with van der Waals surface area (Å²) >= 11 is 0. The van der Waals surface area contributed by atoms with Crippen molar-refractivity contribution in [2.75, 3.05) is 13.7 Å². The first-order chi connectivity index (χ1) is 4.85. The maximum atomic E-state index is 10.1. The first kappa shape index (κ1) is 9.17. The van der Waals surface area contributed by atoms with Crippen LogP contribution in [-0.2, 0) is 9.63 Å². The molecule has 0 aliphatic carbocycles. The van der Waals surface area contributed by atoms with E-state index in [1.807, 2.05) is 19.1 Å². The first-order valence-corrected chi connectivity index (χ1v) is 3.26. The van der Waals surface area contributed by atoms with Crippen molar-refractivity contribution < 1.29 is 9.63 Å². The lowest BCUT2D eigenvalue weighted by atomic mass is 10.4. The highest BCUT2D eigenvalue weighted by Crippen LogP contribution is 1.85. The Balaban J connectivity index is 3.43. The summed E-state index contributed by atoms with van der Waals surface area (Å²) in [5, 5.41) is 1.21. The van der Waals surface area contributed by atoms with Crippen LogP contribution in [0, 0.1) is 0 Å². The Morgan fingerprint density at radius 1 is 1.50 bits per heavy atom. The summed E-state index contributed by atoms with van der Waals surface area (Å²) in [5.74, 6) is 0. The molecule has 0 N–H and O–H groups in total. The van der Waals surface area contributed by atoms with E-state index in [0.29, 0.717) is 13.0 Å². The maximum absolute atomic E-state index is 10.1. The van der Waals surface area contributed by atoms with E-state index >= 15 is 0 Å². The van der Waals surface area contributed by atoms with Crippen molar-refractivity contribution in [2.45, 2.75) is 13.3 Å². The average molecular weight is 143 g/mol. The third-order valence-corrected chi connectivity index (χ3v) is 1.04.